The third-order valence-electron chi connectivity index (χ3n) is 3.04. The number of thioether (sulfide) groups is 1. The Balaban J connectivity index is 1.86. The monoisotopic (exact) mass is 367 g/mol. The molecule has 2 aromatic rings. The molecule has 0 aliphatic carbocycles. The van der Waals surface area contributed by atoms with Gasteiger partial charge >= 0.3 is 0 Å². The second-order valence-electron chi connectivity index (χ2n) is 5.03. The third-order valence-corrected chi connectivity index (χ3v) is 3.83. The molecular formula is C18H19F2NO3S. The van der Waals surface area contributed by atoms with Crippen molar-refractivity contribution in [2.75, 3.05) is 18.5 Å². The van der Waals surface area contributed by atoms with Gasteiger partial charge in [0.25, 0.3) is 11.7 Å². The lowest BCUT2D eigenvalue weighted by atomic mass is 10.3. The molecule has 0 aliphatic rings. The summed E-state index contributed by atoms with van der Waals surface area (Å²) < 4.78 is 35.9. The maximum absolute atomic E-state index is 12.5. The zero-order valence-corrected chi connectivity index (χ0v) is 14.5. The number of benzene rings is 2. The largest absolute Gasteiger partial charge is 0.494 e. The fourth-order valence-electron chi connectivity index (χ4n) is 1.96. The number of rotatable bonds is 9. The van der Waals surface area contributed by atoms with Crippen LogP contribution in [0, 0.1) is 0 Å². The molecule has 0 unspecified atom stereocenters. The average molecular weight is 367 g/mol. The number of amides is 1. The van der Waals surface area contributed by atoms with Crippen LogP contribution in [0.15, 0.2) is 53.4 Å². The van der Waals surface area contributed by atoms with Gasteiger partial charge < -0.3 is 14.8 Å². The zero-order chi connectivity index (χ0) is 18.1. The molecular weight excluding hydrogens is 348 g/mol. The highest BCUT2D eigenvalue weighted by molar-refractivity contribution is 7.99. The molecule has 2 aromatic carbocycles. The number of para-hydroxylation sites is 1. The van der Waals surface area contributed by atoms with Crippen LogP contribution in [0.5, 0.6) is 11.5 Å². The molecule has 4 nitrogen and oxygen atoms in total. The highest BCUT2D eigenvalue weighted by Gasteiger charge is 2.12. The first-order valence-corrected chi connectivity index (χ1v) is 8.66. The molecule has 7 heteroatoms. The van der Waals surface area contributed by atoms with E-state index in [-0.39, 0.29) is 6.61 Å². The average Bonchev–Trinajstić information content (AvgIpc) is 2.60. The summed E-state index contributed by atoms with van der Waals surface area (Å²) in [6, 6.07) is 13.3. The molecule has 1 N–H and O–H groups in total. The SMILES string of the molecule is CCCOc1ccc(OCC(=O)Nc2ccccc2SC(F)F)cc1. The van der Waals surface area contributed by atoms with Gasteiger partial charge in [0.05, 0.1) is 12.3 Å². The summed E-state index contributed by atoms with van der Waals surface area (Å²) in [5.41, 5.74) is 0.338. The maximum atomic E-state index is 12.5. The lowest BCUT2D eigenvalue weighted by Gasteiger charge is -2.11. The molecule has 0 fully saturated rings. The van der Waals surface area contributed by atoms with Crippen LogP contribution in [0.25, 0.3) is 0 Å². The highest BCUT2D eigenvalue weighted by atomic mass is 32.2. The predicted molar refractivity (Wildman–Crippen MR) is 94.7 cm³/mol. The first-order valence-electron chi connectivity index (χ1n) is 7.78. The number of alkyl halides is 2. The minimum absolute atomic E-state index is 0.219. The minimum Gasteiger partial charge on any atom is -0.494 e. The molecule has 0 aromatic heterocycles. The van der Waals surface area contributed by atoms with Crippen LogP contribution in [0.4, 0.5) is 14.5 Å². The van der Waals surface area contributed by atoms with Crippen LogP contribution in [0.3, 0.4) is 0 Å². The zero-order valence-electron chi connectivity index (χ0n) is 13.7. The Bertz CT molecular complexity index is 680. The van der Waals surface area contributed by atoms with E-state index >= 15 is 0 Å². The van der Waals surface area contributed by atoms with Crippen molar-refractivity contribution in [3.05, 3.63) is 48.5 Å². The molecule has 0 aliphatic heterocycles. The van der Waals surface area contributed by atoms with E-state index in [2.05, 4.69) is 5.32 Å². The summed E-state index contributed by atoms with van der Waals surface area (Å²) in [7, 11) is 0. The molecule has 0 heterocycles. The number of halogens is 2. The molecule has 0 atom stereocenters. The number of carbonyl (C=O) groups excluding carboxylic acids is 1. The second kappa shape index (κ2) is 9.88. The molecule has 2 rings (SSSR count). The van der Waals surface area contributed by atoms with Crippen LogP contribution in [0.1, 0.15) is 13.3 Å². The predicted octanol–water partition coefficient (Wildman–Crippen LogP) is 4.81. The highest BCUT2D eigenvalue weighted by Crippen LogP contribution is 2.31. The van der Waals surface area contributed by atoms with Crippen molar-refractivity contribution in [3.63, 3.8) is 0 Å². The van der Waals surface area contributed by atoms with E-state index in [0.717, 1.165) is 12.2 Å². The van der Waals surface area contributed by atoms with Gasteiger partial charge in [-0.2, -0.15) is 8.78 Å². The van der Waals surface area contributed by atoms with Crippen LogP contribution < -0.4 is 14.8 Å². The molecule has 0 spiro atoms. The Labute approximate surface area is 149 Å². The Morgan fingerprint density at radius 3 is 2.36 bits per heavy atom. The van der Waals surface area contributed by atoms with Crippen molar-refractivity contribution in [2.45, 2.75) is 24.0 Å². The topological polar surface area (TPSA) is 47.6 Å². The van der Waals surface area contributed by atoms with Gasteiger partial charge in [-0.25, -0.2) is 0 Å². The summed E-state index contributed by atoms with van der Waals surface area (Å²) in [5.74, 6) is -1.72. The standard InChI is InChI=1S/C18H19F2NO3S/c1-2-11-23-13-7-9-14(10-8-13)24-12-17(22)21-15-5-3-4-6-16(15)25-18(19)20/h3-10,18H,2,11-12H2,1H3,(H,21,22). The van der Waals surface area contributed by atoms with Crippen molar-refractivity contribution < 1.29 is 23.0 Å². The smallest absolute Gasteiger partial charge is 0.288 e. The number of ether oxygens (including phenoxy) is 2. The van der Waals surface area contributed by atoms with Gasteiger partial charge in [-0.3, -0.25) is 4.79 Å². The van der Waals surface area contributed by atoms with Crippen molar-refractivity contribution in [1.82, 2.24) is 0 Å². The number of hydrogen-bond donors (Lipinski definition) is 1. The number of carbonyl (C=O) groups is 1. The van der Waals surface area contributed by atoms with Crippen LogP contribution in [0.2, 0.25) is 0 Å². The quantitative estimate of drug-likeness (QED) is 0.646. The summed E-state index contributed by atoms with van der Waals surface area (Å²) in [4.78, 5) is 12.3. The molecule has 134 valence electrons. The van der Waals surface area contributed by atoms with Gasteiger partial charge in [-0.05, 0) is 42.8 Å². The van der Waals surface area contributed by atoms with Gasteiger partial charge in [-0.1, -0.05) is 30.8 Å². The Morgan fingerprint density at radius 1 is 1.08 bits per heavy atom. The molecule has 1 amide bonds. The van der Waals surface area contributed by atoms with Gasteiger partial charge in [0.2, 0.25) is 0 Å². The number of hydrogen-bond acceptors (Lipinski definition) is 4. The van der Waals surface area contributed by atoms with Gasteiger partial charge in [0.1, 0.15) is 11.5 Å². The van der Waals surface area contributed by atoms with Crippen molar-refractivity contribution in [3.8, 4) is 11.5 Å². The van der Waals surface area contributed by atoms with Crippen LogP contribution in [-0.4, -0.2) is 24.9 Å². The summed E-state index contributed by atoms with van der Waals surface area (Å²) in [5, 5.41) is 2.58. The van der Waals surface area contributed by atoms with Gasteiger partial charge in [0.15, 0.2) is 6.61 Å². The van der Waals surface area contributed by atoms with E-state index in [1.807, 2.05) is 6.92 Å². The molecule has 25 heavy (non-hydrogen) atoms. The Hall–Kier alpha value is -2.28. The molecule has 0 bridgehead atoms. The maximum Gasteiger partial charge on any atom is 0.288 e. The molecule has 0 saturated carbocycles. The van der Waals surface area contributed by atoms with Crippen molar-refractivity contribution in [2.24, 2.45) is 0 Å². The number of nitrogens with one attached hydrogen (secondary N) is 1. The molecule has 0 saturated heterocycles. The van der Waals surface area contributed by atoms with E-state index in [1.165, 1.54) is 6.07 Å². The van der Waals surface area contributed by atoms with Crippen LogP contribution in [-0.2, 0) is 4.79 Å². The van der Waals surface area contributed by atoms with Crippen molar-refractivity contribution >= 4 is 23.4 Å². The van der Waals surface area contributed by atoms with Gasteiger partial charge in [0, 0.05) is 4.90 Å². The van der Waals surface area contributed by atoms with E-state index in [0.29, 0.717) is 34.7 Å². The fourth-order valence-corrected chi connectivity index (χ4v) is 2.55. The summed E-state index contributed by atoms with van der Waals surface area (Å²) in [6.45, 7) is 2.44. The third kappa shape index (κ3) is 6.62. The van der Waals surface area contributed by atoms with Crippen molar-refractivity contribution in [1.29, 1.82) is 0 Å². The van der Waals surface area contributed by atoms with E-state index < -0.39 is 11.7 Å². The van der Waals surface area contributed by atoms with Gasteiger partial charge in [-0.15, -0.1) is 0 Å². The van der Waals surface area contributed by atoms with E-state index in [4.69, 9.17) is 9.47 Å². The Morgan fingerprint density at radius 2 is 1.72 bits per heavy atom. The summed E-state index contributed by atoms with van der Waals surface area (Å²) >= 11 is 0.387. The van der Waals surface area contributed by atoms with Crippen LogP contribution >= 0.6 is 11.8 Å². The summed E-state index contributed by atoms with van der Waals surface area (Å²) in [6.07, 6.45) is 0.920. The minimum atomic E-state index is -2.55. The van der Waals surface area contributed by atoms with E-state index in [9.17, 15) is 13.6 Å². The molecule has 0 radical (unpaired) electrons. The normalized spacial score (nSPS) is 10.6. The first kappa shape index (κ1) is 19.1. The first-order chi connectivity index (χ1) is 12.1. The number of anilines is 1. The van der Waals surface area contributed by atoms with E-state index in [1.54, 1.807) is 42.5 Å². The lowest BCUT2D eigenvalue weighted by Crippen LogP contribution is -2.20. The lowest BCUT2D eigenvalue weighted by molar-refractivity contribution is -0.118. The second-order valence-corrected chi connectivity index (χ2v) is 6.06. The Kier molecular flexibility index (Phi) is 7.53. The fraction of sp³-hybridized carbons (Fsp3) is 0.278.